The second-order valence-electron chi connectivity index (χ2n) is 5.74. The van der Waals surface area contributed by atoms with Gasteiger partial charge in [0.05, 0.1) is 7.11 Å². The van der Waals surface area contributed by atoms with E-state index in [1.54, 1.807) is 7.11 Å². The van der Waals surface area contributed by atoms with E-state index in [4.69, 9.17) is 16.3 Å². The minimum Gasteiger partial charge on any atom is -0.496 e. The molecule has 0 radical (unpaired) electrons. The molecule has 0 atom stereocenters. The van der Waals surface area contributed by atoms with Crippen LogP contribution in [-0.4, -0.2) is 19.2 Å². The van der Waals surface area contributed by atoms with Gasteiger partial charge in [-0.15, -0.1) is 0 Å². The first kappa shape index (κ1) is 15.3. The van der Waals surface area contributed by atoms with E-state index < -0.39 is 0 Å². The molecule has 1 rings (SSSR count). The molecule has 1 aromatic carbocycles. The highest BCUT2D eigenvalue weighted by Crippen LogP contribution is 2.31. The third-order valence-electron chi connectivity index (χ3n) is 3.02. The van der Waals surface area contributed by atoms with E-state index in [1.807, 2.05) is 13.0 Å². The predicted molar refractivity (Wildman–Crippen MR) is 78.9 cm³/mol. The van der Waals surface area contributed by atoms with Crippen LogP contribution in [-0.2, 0) is 6.42 Å². The molecule has 18 heavy (non-hydrogen) atoms. The van der Waals surface area contributed by atoms with Gasteiger partial charge in [0.2, 0.25) is 0 Å². The number of aryl methyl sites for hydroxylation is 1. The van der Waals surface area contributed by atoms with E-state index in [9.17, 15) is 0 Å². The van der Waals surface area contributed by atoms with Gasteiger partial charge < -0.3 is 10.1 Å². The Morgan fingerprint density at radius 2 is 1.89 bits per heavy atom. The van der Waals surface area contributed by atoms with Crippen LogP contribution >= 0.6 is 11.6 Å². The van der Waals surface area contributed by atoms with E-state index in [-0.39, 0.29) is 5.54 Å². The fourth-order valence-electron chi connectivity index (χ4n) is 2.02. The second kappa shape index (κ2) is 5.94. The number of ether oxygens (including phenoxy) is 1. The van der Waals surface area contributed by atoms with Crippen LogP contribution in [0.15, 0.2) is 6.07 Å². The highest BCUT2D eigenvalue weighted by Gasteiger charge is 2.14. The molecule has 0 aromatic heterocycles. The quantitative estimate of drug-likeness (QED) is 0.895. The summed E-state index contributed by atoms with van der Waals surface area (Å²) in [4.78, 5) is 0. The van der Waals surface area contributed by atoms with Crippen molar-refractivity contribution in [3.63, 3.8) is 0 Å². The Bertz CT molecular complexity index is 421. The first-order chi connectivity index (χ1) is 8.26. The molecule has 0 bridgehead atoms. The topological polar surface area (TPSA) is 21.3 Å². The molecule has 0 spiro atoms. The zero-order valence-corrected chi connectivity index (χ0v) is 13.0. The molecule has 0 aliphatic rings. The van der Waals surface area contributed by atoms with Crippen molar-refractivity contribution in [2.45, 2.75) is 46.6 Å². The summed E-state index contributed by atoms with van der Waals surface area (Å²) in [6.45, 7) is 11.5. The zero-order chi connectivity index (χ0) is 13.9. The molecular formula is C15H24ClNO. The molecule has 0 saturated carbocycles. The standard InChI is InChI=1S/C15H24ClNO/c1-10-9-13(18-6)12(11(2)14(10)16)7-8-17-15(3,4)5/h9,17H,7-8H2,1-6H3. The van der Waals surface area contributed by atoms with Gasteiger partial charge in [0.1, 0.15) is 5.75 Å². The molecule has 1 N–H and O–H groups in total. The molecule has 1 aromatic rings. The van der Waals surface area contributed by atoms with Crippen LogP contribution in [0.2, 0.25) is 5.02 Å². The highest BCUT2D eigenvalue weighted by molar-refractivity contribution is 6.32. The van der Waals surface area contributed by atoms with Crippen molar-refractivity contribution in [2.24, 2.45) is 0 Å². The minimum atomic E-state index is 0.135. The van der Waals surface area contributed by atoms with Crippen molar-refractivity contribution < 1.29 is 4.74 Å². The summed E-state index contributed by atoms with van der Waals surface area (Å²) in [5, 5.41) is 4.33. The maximum atomic E-state index is 6.30. The molecule has 0 amide bonds. The summed E-state index contributed by atoms with van der Waals surface area (Å²) in [6.07, 6.45) is 0.923. The van der Waals surface area contributed by atoms with Crippen LogP contribution in [0.4, 0.5) is 0 Å². The predicted octanol–water partition coefficient (Wildman–Crippen LogP) is 3.90. The Morgan fingerprint density at radius 1 is 1.28 bits per heavy atom. The summed E-state index contributed by atoms with van der Waals surface area (Å²) >= 11 is 6.30. The monoisotopic (exact) mass is 269 g/mol. The molecule has 0 fully saturated rings. The summed E-state index contributed by atoms with van der Waals surface area (Å²) in [6, 6.07) is 2.02. The lowest BCUT2D eigenvalue weighted by atomic mass is 10.0. The van der Waals surface area contributed by atoms with Gasteiger partial charge >= 0.3 is 0 Å². The molecule has 0 saturated heterocycles. The third-order valence-corrected chi connectivity index (χ3v) is 3.60. The smallest absolute Gasteiger partial charge is 0.122 e. The Labute approximate surface area is 116 Å². The maximum Gasteiger partial charge on any atom is 0.122 e. The van der Waals surface area contributed by atoms with Gasteiger partial charge in [-0.05, 0) is 70.3 Å². The molecule has 3 heteroatoms. The van der Waals surface area contributed by atoms with Crippen LogP contribution in [0.25, 0.3) is 0 Å². The lowest BCUT2D eigenvalue weighted by molar-refractivity contribution is 0.401. The van der Waals surface area contributed by atoms with Crippen molar-refractivity contribution in [1.29, 1.82) is 0 Å². The van der Waals surface area contributed by atoms with Crippen molar-refractivity contribution in [3.8, 4) is 5.75 Å². The Morgan fingerprint density at radius 3 is 2.39 bits per heavy atom. The third kappa shape index (κ3) is 3.89. The molecule has 2 nitrogen and oxygen atoms in total. The number of benzene rings is 1. The number of hydrogen-bond donors (Lipinski definition) is 1. The fourth-order valence-corrected chi connectivity index (χ4v) is 2.18. The van der Waals surface area contributed by atoms with Crippen LogP contribution in [0.3, 0.4) is 0 Å². The van der Waals surface area contributed by atoms with E-state index in [0.717, 1.165) is 34.9 Å². The van der Waals surface area contributed by atoms with E-state index in [1.165, 1.54) is 5.56 Å². The van der Waals surface area contributed by atoms with E-state index >= 15 is 0 Å². The Balaban J connectivity index is 2.91. The lowest BCUT2D eigenvalue weighted by Gasteiger charge is -2.22. The zero-order valence-electron chi connectivity index (χ0n) is 12.3. The van der Waals surface area contributed by atoms with Gasteiger partial charge in [-0.3, -0.25) is 0 Å². The fraction of sp³-hybridized carbons (Fsp3) is 0.600. The maximum absolute atomic E-state index is 6.30. The molecule has 0 aliphatic heterocycles. The van der Waals surface area contributed by atoms with Crippen molar-refractivity contribution >= 4 is 11.6 Å². The molecule has 102 valence electrons. The average Bonchev–Trinajstić information content (AvgIpc) is 2.27. The van der Waals surface area contributed by atoms with Gasteiger partial charge in [0, 0.05) is 10.6 Å². The molecule has 0 heterocycles. The van der Waals surface area contributed by atoms with Crippen LogP contribution in [0.5, 0.6) is 5.75 Å². The normalized spacial score (nSPS) is 11.7. The number of methoxy groups -OCH3 is 1. The summed E-state index contributed by atoms with van der Waals surface area (Å²) < 4.78 is 5.46. The number of hydrogen-bond acceptors (Lipinski definition) is 2. The van der Waals surface area contributed by atoms with Crippen molar-refractivity contribution in [1.82, 2.24) is 5.32 Å². The van der Waals surface area contributed by atoms with Gasteiger partial charge in [0.25, 0.3) is 0 Å². The largest absolute Gasteiger partial charge is 0.496 e. The summed E-state index contributed by atoms with van der Waals surface area (Å²) in [7, 11) is 1.71. The van der Waals surface area contributed by atoms with Crippen LogP contribution < -0.4 is 10.1 Å². The van der Waals surface area contributed by atoms with Gasteiger partial charge in [0.15, 0.2) is 0 Å². The van der Waals surface area contributed by atoms with Crippen molar-refractivity contribution in [3.05, 3.63) is 27.8 Å². The Kier molecular flexibility index (Phi) is 5.06. The number of nitrogens with one attached hydrogen (secondary N) is 1. The number of halogens is 1. The Hall–Kier alpha value is -0.730. The summed E-state index contributed by atoms with van der Waals surface area (Å²) in [5.41, 5.74) is 3.53. The van der Waals surface area contributed by atoms with E-state index in [0.29, 0.717) is 0 Å². The molecule has 0 unspecified atom stereocenters. The molecular weight excluding hydrogens is 246 g/mol. The first-order valence-electron chi connectivity index (χ1n) is 6.34. The summed E-state index contributed by atoms with van der Waals surface area (Å²) in [5.74, 6) is 0.935. The second-order valence-corrected chi connectivity index (χ2v) is 6.12. The average molecular weight is 270 g/mol. The van der Waals surface area contributed by atoms with Gasteiger partial charge in [-0.25, -0.2) is 0 Å². The van der Waals surface area contributed by atoms with Crippen molar-refractivity contribution in [2.75, 3.05) is 13.7 Å². The van der Waals surface area contributed by atoms with Gasteiger partial charge in [-0.1, -0.05) is 11.6 Å². The minimum absolute atomic E-state index is 0.135. The lowest BCUT2D eigenvalue weighted by Crippen LogP contribution is -2.37. The first-order valence-corrected chi connectivity index (χ1v) is 6.71. The molecule has 0 aliphatic carbocycles. The highest BCUT2D eigenvalue weighted by atomic mass is 35.5. The van der Waals surface area contributed by atoms with Gasteiger partial charge in [-0.2, -0.15) is 0 Å². The van der Waals surface area contributed by atoms with Crippen LogP contribution in [0.1, 0.15) is 37.5 Å². The SMILES string of the molecule is COc1cc(C)c(Cl)c(C)c1CCNC(C)(C)C. The van der Waals surface area contributed by atoms with Crippen LogP contribution in [0, 0.1) is 13.8 Å². The van der Waals surface area contributed by atoms with E-state index in [2.05, 4.69) is 33.0 Å². The number of rotatable bonds is 4.